The van der Waals surface area contributed by atoms with Gasteiger partial charge in [0.05, 0.1) is 21.7 Å². The second kappa shape index (κ2) is 6.25. The van der Waals surface area contributed by atoms with E-state index in [0.717, 1.165) is 5.56 Å². The van der Waals surface area contributed by atoms with Crippen molar-refractivity contribution in [1.29, 1.82) is 0 Å². The van der Waals surface area contributed by atoms with Crippen LogP contribution in [-0.2, 0) is 9.84 Å². The van der Waals surface area contributed by atoms with Gasteiger partial charge in [-0.2, -0.15) is 0 Å². The van der Waals surface area contributed by atoms with Crippen LogP contribution in [0.2, 0.25) is 0 Å². The number of aliphatic hydroxyl groups excluding tert-OH is 1. The van der Waals surface area contributed by atoms with Crippen LogP contribution in [0.3, 0.4) is 0 Å². The number of nitrogens with zero attached hydrogens (tertiary/aromatic N) is 1. The smallest absolute Gasteiger partial charge is 0.269 e. The normalized spacial score (nSPS) is 12.8. The largest absolute Gasteiger partial charge is 0.387 e. The fraction of sp³-hybridized carbons (Fsp3) is 0.200. The van der Waals surface area contributed by atoms with Crippen LogP contribution in [0.25, 0.3) is 0 Å². The van der Waals surface area contributed by atoms with E-state index >= 15 is 0 Å². The van der Waals surface area contributed by atoms with Crippen molar-refractivity contribution < 1.29 is 18.4 Å². The van der Waals surface area contributed by atoms with Gasteiger partial charge in [-0.05, 0) is 24.6 Å². The van der Waals surface area contributed by atoms with Gasteiger partial charge in [0.15, 0.2) is 9.84 Å². The highest BCUT2D eigenvalue weighted by Crippen LogP contribution is 2.23. The number of nitro benzene ring substituents is 1. The molecule has 2 aromatic carbocycles. The topological polar surface area (TPSA) is 97.5 Å². The number of aryl methyl sites for hydroxylation is 1. The molecule has 0 aliphatic carbocycles. The number of aliphatic hydroxyl groups is 1. The Morgan fingerprint density at radius 2 is 1.82 bits per heavy atom. The van der Waals surface area contributed by atoms with E-state index in [0.29, 0.717) is 0 Å². The summed E-state index contributed by atoms with van der Waals surface area (Å²) in [5, 5.41) is 20.8. The summed E-state index contributed by atoms with van der Waals surface area (Å²) >= 11 is 0. The van der Waals surface area contributed by atoms with E-state index in [-0.39, 0.29) is 16.1 Å². The fourth-order valence-corrected chi connectivity index (χ4v) is 3.34. The second-order valence-electron chi connectivity index (χ2n) is 4.96. The summed E-state index contributed by atoms with van der Waals surface area (Å²) in [7, 11) is -3.68. The molecule has 1 atom stereocenters. The van der Waals surface area contributed by atoms with Crippen LogP contribution in [0.5, 0.6) is 0 Å². The molecule has 0 aliphatic rings. The van der Waals surface area contributed by atoms with E-state index in [9.17, 15) is 23.6 Å². The third-order valence-corrected chi connectivity index (χ3v) is 4.97. The molecule has 1 N–H and O–H groups in total. The minimum absolute atomic E-state index is 0.114. The molecule has 2 aromatic rings. The summed E-state index contributed by atoms with van der Waals surface area (Å²) in [5.74, 6) is -0.531. The third-order valence-electron chi connectivity index (χ3n) is 3.22. The maximum Gasteiger partial charge on any atom is 0.269 e. The Labute approximate surface area is 128 Å². The molecule has 0 spiro atoms. The summed E-state index contributed by atoms with van der Waals surface area (Å²) < 4.78 is 24.5. The van der Waals surface area contributed by atoms with E-state index in [1.165, 1.54) is 36.4 Å². The Morgan fingerprint density at radius 1 is 1.18 bits per heavy atom. The number of hydrogen-bond acceptors (Lipinski definition) is 5. The van der Waals surface area contributed by atoms with Gasteiger partial charge in [-0.25, -0.2) is 8.42 Å². The number of rotatable bonds is 5. The molecule has 2 rings (SSSR count). The van der Waals surface area contributed by atoms with Gasteiger partial charge in [0, 0.05) is 12.1 Å². The van der Waals surface area contributed by atoms with Gasteiger partial charge in [-0.1, -0.05) is 29.8 Å². The van der Waals surface area contributed by atoms with E-state index in [4.69, 9.17) is 0 Å². The van der Waals surface area contributed by atoms with Crippen molar-refractivity contribution in [3.8, 4) is 0 Å². The zero-order valence-corrected chi connectivity index (χ0v) is 12.7. The Morgan fingerprint density at radius 3 is 2.41 bits per heavy atom. The number of benzene rings is 2. The standard InChI is InChI=1S/C15H15NO5S/c1-11-5-7-14(8-6-11)22(20,21)10-15(17)12-3-2-4-13(9-12)16(18)19/h2-9,15,17H,10H2,1H3. The lowest BCUT2D eigenvalue weighted by Crippen LogP contribution is -2.15. The SMILES string of the molecule is Cc1ccc(S(=O)(=O)CC(O)c2cccc([N+](=O)[O-])c2)cc1. The lowest BCUT2D eigenvalue weighted by molar-refractivity contribution is -0.385. The number of sulfone groups is 1. The van der Waals surface area contributed by atoms with Gasteiger partial charge < -0.3 is 5.11 Å². The number of hydrogen-bond donors (Lipinski definition) is 1. The van der Waals surface area contributed by atoms with Gasteiger partial charge in [-0.15, -0.1) is 0 Å². The predicted octanol–water partition coefficient (Wildman–Crippen LogP) is 2.41. The molecule has 7 heteroatoms. The lowest BCUT2D eigenvalue weighted by Gasteiger charge is -2.12. The molecule has 0 amide bonds. The molecule has 0 aliphatic heterocycles. The second-order valence-corrected chi connectivity index (χ2v) is 7.00. The molecular weight excluding hydrogens is 306 g/mol. The zero-order chi connectivity index (χ0) is 16.3. The molecule has 0 heterocycles. The molecule has 6 nitrogen and oxygen atoms in total. The average molecular weight is 321 g/mol. The van der Waals surface area contributed by atoms with Crippen molar-refractivity contribution in [1.82, 2.24) is 0 Å². The van der Waals surface area contributed by atoms with Crippen molar-refractivity contribution in [2.45, 2.75) is 17.9 Å². The highest BCUT2D eigenvalue weighted by molar-refractivity contribution is 7.91. The van der Waals surface area contributed by atoms with E-state index in [2.05, 4.69) is 0 Å². The summed E-state index contributed by atoms with van der Waals surface area (Å²) in [5.41, 5.74) is 0.937. The quantitative estimate of drug-likeness (QED) is 0.673. The molecule has 116 valence electrons. The number of non-ortho nitro benzene ring substituents is 1. The van der Waals surface area contributed by atoms with E-state index < -0.39 is 26.6 Å². The summed E-state index contributed by atoms with van der Waals surface area (Å²) in [6.07, 6.45) is -1.33. The van der Waals surface area contributed by atoms with Crippen LogP contribution in [0, 0.1) is 17.0 Å². The molecule has 0 fully saturated rings. The van der Waals surface area contributed by atoms with Crippen LogP contribution in [-0.4, -0.2) is 24.2 Å². The Kier molecular flexibility index (Phi) is 4.58. The molecule has 0 bridgehead atoms. The Balaban J connectivity index is 2.24. The van der Waals surface area contributed by atoms with Gasteiger partial charge in [0.1, 0.15) is 0 Å². The average Bonchev–Trinajstić information content (AvgIpc) is 2.47. The van der Waals surface area contributed by atoms with Crippen LogP contribution < -0.4 is 0 Å². The summed E-state index contributed by atoms with van der Waals surface area (Å²) in [6.45, 7) is 1.84. The first-order valence-corrected chi connectivity index (χ1v) is 8.17. The lowest BCUT2D eigenvalue weighted by atomic mass is 10.1. The molecule has 0 aromatic heterocycles. The van der Waals surface area contributed by atoms with Crippen molar-refractivity contribution in [3.63, 3.8) is 0 Å². The molecule has 22 heavy (non-hydrogen) atoms. The highest BCUT2D eigenvalue weighted by atomic mass is 32.2. The molecule has 1 unspecified atom stereocenters. The molecular formula is C15H15NO5S. The van der Waals surface area contributed by atoms with Crippen LogP contribution in [0.4, 0.5) is 5.69 Å². The van der Waals surface area contributed by atoms with Crippen LogP contribution in [0.1, 0.15) is 17.2 Å². The fourth-order valence-electron chi connectivity index (χ4n) is 1.99. The predicted molar refractivity (Wildman–Crippen MR) is 81.3 cm³/mol. The van der Waals surface area contributed by atoms with E-state index in [1.54, 1.807) is 12.1 Å². The van der Waals surface area contributed by atoms with Crippen molar-refractivity contribution >= 4 is 15.5 Å². The van der Waals surface area contributed by atoms with E-state index in [1.807, 2.05) is 6.92 Å². The molecule has 0 saturated carbocycles. The maximum atomic E-state index is 12.3. The first-order valence-electron chi connectivity index (χ1n) is 6.51. The van der Waals surface area contributed by atoms with Gasteiger partial charge >= 0.3 is 0 Å². The van der Waals surface area contributed by atoms with Crippen molar-refractivity contribution in [2.75, 3.05) is 5.75 Å². The zero-order valence-electron chi connectivity index (χ0n) is 11.8. The monoisotopic (exact) mass is 321 g/mol. The maximum absolute atomic E-state index is 12.3. The summed E-state index contributed by atoms with van der Waals surface area (Å²) in [4.78, 5) is 10.2. The molecule has 0 saturated heterocycles. The summed E-state index contributed by atoms with van der Waals surface area (Å²) in [6, 6.07) is 11.6. The Hall–Kier alpha value is -2.25. The van der Waals surface area contributed by atoms with Gasteiger partial charge in [0.25, 0.3) is 5.69 Å². The third kappa shape index (κ3) is 3.69. The minimum Gasteiger partial charge on any atom is -0.387 e. The highest BCUT2D eigenvalue weighted by Gasteiger charge is 2.22. The van der Waals surface area contributed by atoms with Crippen molar-refractivity contribution in [2.24, 2.45) is 0 Å². The van der Waals surface area contributed by atoms with Gasteiger partial charge in [-0.3, -0.25) is 10.1 Å². The Bertz CT molecular complexity index is 784. The van der Waals surface area contributed by atoms with Crippen LogP contribution >= 0.6 is 0 Å². The number of nitro groups is 1. The first-order chi connectivity index (χ1) is 10.3. The van der Waals surface area contributed by atoms with Crippen LogP contribution in [0.15, 0.2) is 53.4 Å². The first kappa shape index (κ1) is 16.1. The minimum atomic E-state index is -3.68. The van der Waals surface area contributed by atoms with Gasteiger partial charge in [0.2, 0.25) is 0 Å². The molecule has 0 radical (unpaired) electrons. The van der Waals surface area contributed by atoms with Crippen molar-refractivity contribution in [3.05, 3.63) is 69.8 Å².